The summed E-state index contributed by atoms with van der Waals surface area (Å²) >= 11 is 0. The Balaban J connectivity index is 1.58. The summed E-state index contributed by atoms with van der Waals surface area (Å²) in [5.41, 5.74) is -2.07. The topological polar surface area (TPSA) is 93.1 Å². The molecule has 0 radical (unpaired) electrons. The molecule has 6 heteroatoms. The first-order valence-electron chi connectivity index (χ1n) is 12.6. The van der Waals surface area contributed by atoms with Crippen molar-refractivity contribution in [3.63, 3.8) is 0 Å². The van der Waals surface area contributed by atoms with Gasteiger partial charge in [0.15, 0.2) is 23.4 Å². The van der Waals surface area contributed by atoms with Crippen molar-refractivity contribution in [1.29, 1.82) is 0 Å². The third-order valence-corrected chi connectivity index (χ3v) is 9.10. The molecule has 3 saturated carbocycles. The number of allylic oxidation sites excluding steroid dienone is 4. The zero-order valence-corrected chi connectivity index (χ0v) is 18.5. The first-order valence-corrected chi connectivity index (χ1v) is 11.6. The summed E-state index contributed by atoms with van der Waals surface area (Å²) < 4.78 is 29.4. The van der Waals surface area contributed by atoms with E-state index in [-0.39, 0.29) is 36.0 Å². The number of carbonyl (C=O) groups is 2. The van der Waals surface area contributed by atoms with Gasteiger partial charge < -0.3 is 19.7 Å². The number of hydrogen-bond donors (Lipinski definition) is 2. The van der Waals surface area contributed by atoms with Crippen molar-refractivity contribution in [2.24, 2.45) is 28.6 Å². The van der Waals surface area contributed by atoms with Crippen molar-refractivity contribution in [1.82, 2.24) is 0 Å². The van der Waals surface area contributed by atoms with E-state index in [0.717, 1.165) is 5.57 Å². The average Bonchev–Trinajstić information content (AvgIpc) is 3.18. The molecule has 1 unspecified atom stereocenters. The van der Waals surface area contributed by atoms with E-state index in [1.807, 2.05) is 26.8 Å². The lowest BCUT2D eigenvalue weighted by Crippen LogP contribution is -2.63. The van der Waals surface area contributed by atoms with Crippen molar-refractivity contribution in [3.05, 3.63) is 23.8 Å². The van der Waals surface area contributed by atoms with Crippen LogP contribution in [0.25, 0.3) is 0 Å². The highest BCUT2D eigenvalue weighted by Crippen LogP contribution is 2.69. The standard InChI is InChI=1S/C25H34O6/c1-4-5-21-30-20-11-17-16-7-6-14-10-15(27)8-9-23(14,2)22(16)18(28)12-24(17,3)25(20,31-21)19(29)13-26/h8-10,16-18,20-22,26,28H,4-7,11-13H2,1-3H3/t16-,17-,18-,20+,21?,22+,23-,24-,25+/m0/s1/i10D,21D. The van der Waals surface area contributed by atoms with Crippen molar-refractivity contribution < 1.29 is 32.0 Å². The summed E-state index contributed by atoms with van der Waals surface area (Å²) in [5.74, 6) is -0.946. The van der Waals surface area contributed by atoms with Crippen LogP contribution in [0.15, 0.2) is 23.8 Å². The van der Waals surface area contributed by atoms with E-state index in [1.54, 1.807) is 0 Å². The van der Waals surface area contributed by atoms with Crippen LogP contribution >= 0.6 is 0 Å². The fourth-order valence-electron chi connectivity index (χ4n) is 7.86. The predicted octanol–water partition coefficient (Wildman–Crippen LogP) is 2.72. The predicted molar refractivity (Wildman–Crippen MR) is 113 cm³/mol. The third-order valence-electron chi connectivity index (χ3n) is 9.10. The highest BCUT2D eigenvalue weighted by atomic mass is 16.7. The van der Waals surface area contributed by atoms with Gasteiger partial charge in [0, 0.05) is 16.7 Å². The fourth-order valence-corrected chi connectivity index (χ4v) is 7.86. The van der Waals surface area contributed by atoms with E-state index in [1.165, 1.54) is 6.08 Å². The Bertz CT molecular complexity index is 963. The van der Waals surface area contributed by atoms with Crippen LogP contribution in [0.2, 0.25) is 0 Å². The first kappa shape index (κ1) is 19.2. The molecule has 0 spiro atoms. The van der Waals surface area contributed by atoms with Crippen LogP contribution in [0, 0.1) is 28.6 Å². The second-order valence-electron chi connectivity index (χ2n) is 10.5. The second kappa shape index (κ2) is 7.08. The van der Waals surface area contributed by atoms with Crippen LogP contribution in [0.5, 0.6) is 0 Å². The summed E-state index contributed by atoms with van der Waals surface area (Å²) in [6.45, 7) is 5.19. The van der Waals surface area contributed by atoms with E-state index in [0.29, 0.717) is 32.1 Å². The number of ketones is 2. The lowest BCUT2D eigenvalue weighted by Gasteiger charge is -2.59. The second-order valence-corrected chi connectivity index (χ2v) is 10.5. The molecule has 6 nitrogen and oxygen atoms in total. The van der Waals surface area contributed by atoms with Crippen molar-refractivity contribution >= 4 is 11.6 Å². The summed E-state index contributed by atoms with van der Waals surface area (Å²) in [7, 11) is 0. The number of ether oxygens (including phenoxy) is 2. The minimum atomic E-state index is -1.64. The molecule has 4 fully saturated rings. The van der Waals surface area contributed by atoms with Crippen molar-refractivity contribution in [2.45, 2.75) is 83.4 Å². The molecule has 1 saturated heterocycles. The van der Waals surface area contributed by atoms with E-state index in [2.05, 4.69) is 0 Å². The van der Waals surface area contributed by atoms with Gasteiger partial charge in [-0.05, 0) is 56.1 Å². The Morgan fingerprint density at radius 2 is 2.19 bits per heavy atom. The van der Waals surface area contributed by atoms with Gasteiger partial charge in [0.1, 0.15) is 6.61 Å². The molecule has 1 heterocycles. The number of carbonyl (C=O) groups excluding carboxylic acids is 2. The Morgan fingerprint density at radius 3 is 2.90 bits per heavy atom. The molecule has 31 heavy (non-hydrogen) atoms. The van der Waals surface area contributed by atoms with Crippen LogP contribution in [0.1, 0.15) is 62.0 Å². The highest BCUT2D eigenvalue weighted by molar-refractivity contribution is 6.01. The maximum Gasteiger partial charge on any atom is 0.193 e. The molecule has 0 aromatic rings. The van der Waals surface area contributed by atoms with Gasteiger partial charge in [0.05, 0.1) is 14.9 Å². The molecule has 170 valence electrons. The molecule has 0 amide bonds. The maximum atomic E-state index is 13.3. The molecule has 2 N–H and O–H groups in total. The number of aliphatic hydroxyl groups excluding tert-OH is 2. The number of rotatable bonds is 4. The molecular weight excluding hydrogens is 396 g/mol. The molecule has 0 bridgehead atoms. The average molecular weight is 433 g/mol. The summed E-state index contributed by atoms with van der Waals surface area (Å²) in [6, 6.07) is 0.0411. The Kier molecular flexibility index (Phi) is 4.37. The molecule has 1 aliphatic heterocycles. The molecule has 0 aromatic heterocycles. The SMILES string of the molecule is [2H]C1=C2CC[C@@H]3[C@H]([C@@H](O)C[C@@]4(C)[C@H]3C[C@H]3OC([2H])(CCC)O[C@]34C(=O)CO)[C@@]2(C)C=CC1=O. The van der Waals surface area contributed by atoms with E-state index >= 15 is 0 Å². The number of Topliss-reactive ketones (excluding diaryl/α,β-unsaturated/α-hetero) is 1. The van der Waals surface area contributed by atoms with Crippen LogP contribution < -0.4 is 0 Å². The Labute approximate surface area is 186 Å². The third kappa shape index (κ3) is 2.65. The van der Waals surface area contributed by atoms with Gasteiger partial charge in [0.25, 0.3) is 0 Å². The number of aliphatic hydroxyl groups is 2. The lowest BCUT2D eigenvalue weighted by atomic mass is 9.46. The molecule has 4 aliphatic carbocycles. The smallest absolute Gasteiger partial charge is 0.193 e. The molecule has 0 aromatic carbocycles. The van der Waals surface area contributed by atoms with Crippen LogP contribution in [0.4, 0.5) is 0 Å². The molecular formula is C25H34O6. The minimum Gasteiger partial charge on any atom is -0.393 e. The largest absolute Gasteiger partial charge is 0.393 e. The van der Waals surface area contributed by atoms with Crippen LogP contribution in [-0.2, 0) is 19.1 Å². The van der Waals surface area contributed by atoms with Crippen LogP contribution in [0.3, 0.4) is 0 Å². The van der Waals surface area contributed by atoms with Crippen LogP contribution in [-0.4, -0.2) is 52.5 Å². The van der Waals surface area contributed by atoms with Gasteiger partial charge in [-0.2, -0.15) is 0 Å². The normalized spacial score (nSPS) is 54.0. The monoisotopic (exact) mass is 432 g/mol. The lowest BCUT2D eigenvalue weighted by molar-refractivity contribution is -0.200. The summed E-state index contributed by atoms with van der Waals surface area (Å²) in [4.78, 5) is 25.5. The van der Waals surface area contributed by atoms with E-state index in [9.17, 15) is 19.8 Å². The minimum absolute atomic E-state index is 0.0174. The Morgan fingerprint density at radius 1 is 1.42 bits per heavy atom. The van der Waals surface area contributed by atoms with E-state index in [4.69, 9.17) is 12.2 Å². The summed E-state index contributed by atoms with van der Waals surface area (Å²) in [5, 5.41) is 21.5. The molecule has 9 atom stereocenters. The van der Waals surface area contributed by atoms with Gasteiger partial charge >= 0.3 is 0 Å². The zero-order valence-electron chi connectivity index (χ0n) is 20.5. The first-order chi connectivity index (χ1) is 15.5. The van der Waals surface area contributed by atoms with Crippen molar-refractivity contribution in [2.75, 3.05) is 6.61 Å². The van der Waals surface area contributed by atoms with Crippen molar-refractivity contribution in [3.8, 4) is 0 Å². The van der Waals surface area contributed by atoms with Gasteiger partial charge in [0.2, 0.25) is 0 Å². The van der Waals surface area contributed by atoms with Gasteiger partial charge in [-0.25, -0.2) is 0 Å². The zero-order chi connectivity index (χ0) is 24.0. The highest BCUT2D eigenvalue weighted by Gasteiger charge is 2.75. The summed E-state index contributed by atoms with van der Waals surface area (Å²) in [6.07, 6.45) is 3.29. The van der Waals surface area contributed by atoms with Gasteiger partial charge in [-0.1, -0.05) is 38.8 Å². The molecule has 5 rings (SSSR count). The quantitative estimate of drug-likeness (QED) is 0.710. The van der Waals surface area contributed by atoms with E-state index < -0.39 is 47.3 Å². The van der Waals surface area contributed by atoms with Gasteiger partial charge in [-0.15, -0.1) is 0 Å². The number of hydrogen-bond acceptors (Lipinski definition) is 6. The fraction of sp³-hybridized carbons (Fsp3) is 0.760. The van der Waals surface area contributed by atoms with Gasteiger partial charge in [-0.3, -0.25) is 9.59 Å². The number of fused-ring (bicyclic) bond motifs is 7. The Hall–Kier alpha value is -1.34. The molecule has 5 aliphatic rings. The maximum absolute atomic E-state index is 13.3.